The molecule has 0 aromatic heterocycles. The molecule has 4 nitrogen and oxygen atoms in total. The van der Waals surface area contributed by atoms with Gasteiger partial charge in [-0.15, -0.1) is 11.8 Å². The molecular weight excluding hydrogens is 368 g/mol. The molecule has 2 fully saturated rings. The fourth-order valence-electron chi connectivity index (χ4n) is 4.43. The van der Waals surface area contributed by atoms with E-state index in [0.29, 0.717) is 18.2 Å². The SMILES string of the molecule is CCCCCNC(=O)C1CSC(C2CCCCC2)N1C(=O)c1ccccc1C. The smallest absolute Gasteiger partial charge is 0.255 e. The van der Waals surface area contributed by atoms with Crippen molar-refractivity contribution in [2.24, 2.45) is 5.92 Å². The molecule has 1 aromatic carbocycles. The lowest BCUT2D eigenvalue weighted by Gasteiger charge is -2.35. The lowest BCUT2D eigenvalue weighted by Crippen LogP contribution is -2.51. The molecule has 2 unspecified atom stereocenters. The summed E-state index contributed by atoms with van der Waals surface area (Å²) in [6, 6.07) is 7.40. The van der Waals surface area contributed by atoms with E-state index >= 15 is 0 Å². The zero-order valence-corrected chi connectivity index (χ0v) is 18.1. The number of thioether (sulfide) groups is 1. The van der Waals surface area contributed by atoms with Crippen LogP contribution in [0.2, 0.25) is 0 Å². The summed E-state index contributed by atoms with van der Waals surface area (Å²) in [7, 11) is 0. The van der Waals surface area contributed by atoms with E-state index < -0.39 is 0 Å². The number of hydrogen-bond acceptors (Lipinski definition) is 3. The number of nitrogens with one attached hydrogen (secondary N) is 1. The molecule has 1 saturated heterocycles. The highest BCUT2D eigenvalue weighted by molar-refractivity contribution is 8.00. The molecule has 0 bridgehead atoms. The quantitative estimate of drug-likeness (QED) is 0.669. The maximum absolute atomic E-state index is 13.5. The van der Waals surface area contributed by atoms with Crippen LogP contribution in [0.15, 0.2) is 24.3 Å². The molecule has 1 aromatic rings. The Morgan fingerprint density at radius 2 is 1.89 bits per heavy atom. The number of carbonyl (C=O) groups excluding carboxylic acids is 2. The van der Waals surface area contributed by atoms with Crippen molar-refractivity contribution in [1.29, 1.82) is 0 Å². The van der Waals surface area contributed by atoms with Crippen LogP contribution in [0.3, 0.4) is 0 Å². The Balaban J connectivity index is 1.79. The van der Waals surface area contributed by atoms with E-state index in [-0.39, 0.29) is 23.2 Å². The molecule has 1 N–H and O–H groups in total. The van der Waals surface area contributed by atoms with E-state index in [9.17, 15) is 9.59 Å². The second-order valence-corrected chi connectivity index (χ2v) is 9.31. The Morgan fingerprint density at radius 3 is 2.61 bits per heavy atom. The van der Waals surface area contributed by atoms with Crippen LogP contribution in [0.5, 0.6) is 0 Å². The Labute approximate surface area is 173 Å². The number of unbranched alkanes of at least 4 members (excludes halogenated alkanes) is 2. The average molecular weight is 403 g/mol. The van der Waals surface area contributed by atoms with Crippen LogP contribution in [-0.2, 0) is 4.79 Å². The van der Waals surface area contributed by atoms with Gasteiger partial charge in [0.25, 0.3) is 5.91 Å². The molecule has 2 aliphatic rings. The summed E-state index contributed by atoms with van der Waals surface area (Å²) in [6.45, 7) is 4.84. The molecule has 2 amide bonds. The van der Waals surface area contributed by atoms with Gasteiger partial charge in [-0.05, 0) is 43.7 Å². The van der Waals surface area contributed by atoms with E-state index in [1.54, 1.807) is 0 Å². The van der Waals surface area contributed by atoms with Crippen molar-refractivity contribution in [3.8, 4) is 0 Å². The monoisotopic (exact) mass is 402 g/mol. The van der Waals surface area contributed by atoms with Gasteiger partial charge >= 0.3 is 0 Å². The van der Waals surface area contributed by atoms with Crippen LogP contribution in [-0.4, -0.2) is 40.4 Å². The zero-order valence-electron chi connectivity index (χ0n) is 17.3. The van der Waals surface area contributed by atoms with Gasteiger partial charge in [0.05, 0.1) is 5.37 Å². The summed E-state index contributed by atoms with van der Waals surface area (Å²) in [4.78, 5) is 28.4. The first-order valence-electron chi connectivity index (χ1n) is 10.9. The Hall–Kier alpha value is -1.49. The number of nitrogens with zero attached hydrogens (tertiary/aromatic N) is 1. The van der Waals surface area contributed by atoms with Crippen LogP contribution in [0.1, 0.15) is 74.2 Å². The third-order valence-corrected chi connectivity index (χ3v) is 7.54. The number of benzene rings is 1. The van der Waals surface area contributed by atoms with Gasteiger partial charge in [-0.3, -0.25) is 9.59 Å². The van der Waals surface area contributed by atoms with Crippen LogP contribution >= 0.6 is 11.8 Å². The van der Waals surface area contributed by atoms with Crippen molar-refractivity contribution in [1.82, 2.24) is 10.2 Å². The van der Waals surface area contributed by atoms with Gasteiger partial charge in [0, 0.05) is 17.9 Å². The molecule has 2 atom stereocenters. The van der Waals surface area contributed by atoms with Gasteiger partial charge < -0.3 is 10.2 Å². The molecule has 3 rings (SSSR count). The van der Waals surface area contributed by atoms with Crippen molar-refractivity contribution >= 4 is 23.6 Å². The van der Waals surface area contributed by atoms with Crippen molar-refractivity contribution < 1.29 is 9.59 Å². The van der Waals surface area contributed by atoms with Gasteiger partial charge in [-0.25, -0.2) is 0 Å². The highest BCUT2D eigenvalue weighted by Gasteiger charge is 2.45. The summed E-state index contributed by atoms with van der Waals surface area (Å²) < 4.78 is 0. The Morgan fingerprint density at radius 1 is 1.14 bits per heavy atom. The molecule has 5 heteroatoms. The minimum atomic E-state index is -0.356. The second kappa shape index (κ2) is 10.3. The largest absolute Gasteiger partial charge is 0.354 e. The molecule has 1 aliphatic carbocycles. The molecule has 0 spiro atoms. The fourth-order valence-corrected chi connectivity index (χ4v) is 6.06. The molecule has 1 aliphatic heterocycles. The lowest BCUT2D eigenvalue weighted by atomic mass is 9.88. The van der Waals surface area contributed by atoms with E-state index in [0.717, 1.165) is 30.4 Å². The van der Waals surface area contributed by atoms with Gasteiger partial charge in [-0.1, -0.05) is 57.2 Å². The second-order valence-electron chi connectivity index (χ2n) is 8.16. The predicted molar refractivity (Wildman–Crippen MR) is 116 cm³/mol. The minimum Gasteiger partial charge on any atom is -0.354 e. The summed E-state index contributed by atoms with van der Waals surface area (Å²) >= 11 is 1.81. The highest BCUT2D eigenvalue weighted by Crippen LogP contribution is 2.41. The van der Waals surface area contributed by atoms with Gasteiger partial charge in [0.1, 0.15) is 6.04 Å². The first kappa shape index (κ1) is 21.2. The summed E-state index contributed by atoms with van der Waals surface area (Å²) in [6.07, 6.45) is 9.36. The van der Waals surface area contributed by atoms with Crippen molar-refractivity contribution in [2.75, 3.05) is 12.3 Å². The predicted octanol–water partition coefficient (Wildman–Crippen LogP) is 4.77. The molecule has 154 valence electrons. The first-order chi connectivity index (χ1) is 13.6. The van der Waals surface area contributed by atoms with Crippen molar-refractivity contribution in [2.45, 2.75) is 76.6 Å². The van der Waals surface area contributed by atoms with Gasteiger partial charge in [-0.2, -0.15) is 0 Å². The van der Waals surface area contributed by atoms with E-state index in [1.165, 1.54) is 32.1 Å². The van der Waals surface area contributed by atoms with Gasteiger partial charge in [0.2, 0.25) is 5.91 Å². The van der Waals surface area contributed by atoms with E-state index in [4.69, 9.17) is 0 Å². The average Bonchev–Trinajstić information content (AvgIpc) is 3.17. The Bertz CT molecular complexity index is 672. The van der Waals surface area contributed by atoms with Crippen LogP contribution < -0.4 is 5.32 Å². The fraction of sp³-hybridized carbons (Fsp3) is 0.652. The van der Waals surface area contributed by atoms with Crippen molar-refractivity contribution in [3.63, 3.8) is 0 Å². The van der Waals surface area contributed by atoms with Crippen LogP contribution in [0.4, 0.5) is 0 Å². The number of aryl methyl sites for hydroxylation is 1. The van der Waals surface area contributed by atoms with Crippen molar-refractivity contribution in [3.05, 3.63) is 35.4 Å². The Kier molecular flexibility index (Phi) is 7.83. The zero-order chi connectivity index (χ0) is 19.9. The summed E-state index contributed by atoms with van der Waals surface area (Å²) in [5, 5.41) is 3.21. The third-order valence-electron chi connectivity index (χ3n) is 6.08. The number of amides is 2. The molecule has 28 heavy (non-hydrogen) atoms. The maximum Gasteiger partial charge on any atom is 0.255 e. The topological polar surface area (TPSA) is 49.4 Å². The summed E-state index contributed by atoms with van der Waals surface area (Å²) in [5.74, 6) is 1.25. The minimum absolute atomic E-state index is 0.0175. The number of carbonyl (C=O) groups is 2. The number of rotatable bonds is 7. The van der Waals surface area contributed by atoms with Crippen LogP contribution in [0.25, 0.3) is 0 Å². The van der Waals surface area contributed by atoms with Crippen LogP contribution in [0, 0.1) is 12.8 Å². The number of hydrogen-bond donors (Lipinski definition) is 1. The first-order valence-corrected chi connectivity index (χ1v) is 12.0. The van der Waals surface area contributed by atoms with E-state index in [1.807, 2.05) is 47.9 Å². The molecular formula is C23H34N2O2S. The molecule has 1 heterocycles. The van der Waals surface area contributed by atoms with Gasteiger partial charge in [0.15, 0.2) is 0 Å². The molecule has 0 radical (unpaired) electrons. The third kappa shape index (κ3) is 4.91. The highest BCUT2D eigenvalue weighted by atomic mass is 32.2. The lowest BCUT2D eigenvalue weighted by molar-refractivity contribution is -0.125. The van der Waals surface area contributed by atoms with E-state index in [2.05, 4.69) is 12.2 Å². The maximum atomic E-state index is 13.5. The normalized spacial score (nSPS) is 23.0. The standard InChI is InChI=1S/C23H34N2O2S/c1-3-4-10-15-24-21(26)20-16-28-23(18-12-6-5-7-13-18)25(20)22(27)19-14-9-8-11-17(19)2/h8-9,11,14,18,20,23H,3-7,10,12-13,15-16H2,1-2H3,(H,24,26). The molecule has 1 saturated carbocycles. The summed E-state index contributed by atoms with van der Waals surface area (Å²) in [5.41, 5.74) is 1.71.